The van der Waals surface area contributed by atoms with Gasteiger partial charge in [-0.15, -0.1) is 0 Å². The van der Waals surface area contributed by atoms with E-state index >= 15 is 0 Å². The molecule has 25 heavy (non-hydrogen) atoms. The fraction of sp³-hybridized carbons (Fsp3) is 0.600. The van der Waals surface area contributed by atoms with Crippen molar-refractivity contribution in [2.45, 2.75) is 63.1 Å². The highest BCUT2D eigenvalue weighted by atomic mass is 15.3. The fourth-order valence-electron chi connectivity index (χ4n) is 4.92. The molecule has 2 fully saturated rings. The molecule has 1 aromatic carbocycles. The summed E-state index contributed by atoms with van der Waals surface area (Å²) in [5, 5.41) is 12.2. The molecule has 3 atom stereocenters. The predicted molar refractivity (Wildman–Crippen MR) is 101 cm³/mol. The van der Waals surface area contributed by atoms with Crippen molar-refractivity contribution >= 4 is 11.6 Å². The smallest absolute Gasteiger partial charge is 0.212 e. The van der Waals surface area contributed by atoms with E-state index in [1.807, 2.05) is 0 Å². The summed E-state index contributed by atoms with van der Waals surface area (Å²) in [6, 6.07) is 10.1. The minimum Gasteiger partial charge on any atom is -0.311 e. The number of nitrogens with one attached hydrogen (secondary N) is 1. The van der Waals surface area contributed by atoms with Gasteiger partial charge in [-0.3, -0.25) is 5.32 Å². The molecule has 3 aliphatic rings. The van der Waals surface area contributed by atoms with E-state index < -0.39 is 0 Å². The Hall–Kier alpha value is -2.06. The van der Waals surface area contributed by atoms with Crippen molar-refractivity contribution in [3.63, 3.8) is 0 Å². The molecule has 1 unspecified atom stereocenters. The monoisotopic (exact) mass is 337 g/mol. The Labute approximate surface area is 150 Å². The van der Waals surface area contributed by atoms with Gasteiger partial charge < -0.3 is 9.80 Å². The van der Waals surface area contributed by atoms with Gasteiger partial charge in [0.05, 0.1) is 6.04 Å². The first-order valence-corrected chi connectivity index (χ1v) is 9.31. The first-order valence-electron chi connectivity index (χ1n) is 9.31. The van der Waals surface area contributed by atoms with Gasteiger partial charge >= 0.3 is 0 Å². The number of anilines is 1. The van der Waals surface area contributed by atoms with Crippen LogP contribution in [0.2, 0.25) is 0 Å². The molecule has 4 rings (SSSR count). The molecule has 0 aromatic heterocycles. The zero-order valence-electron chi connectivity index (χ0n) is 15.4. The summed E-state index contributed by atoms with van der Waals surface area (Å²) in [5.74, 6) is 0.717. The molecule has 2 bridgehead atoms. The van der Waals surface area contributed by atoms with Crippen LogP contribution in [0.15, 0.2) is 29.3 Å². The van der Waals surface area contributed by atoms with Crippen molar-refractivity contribution in [2.75, 3.05) is 18.5 Å². The number of piperidine rings is 1. The molecular formula is C20H27N5. The second-order valence-electron chi connectivity index (χ2n) is 8.35. The van der Waals surface area contributed by atoms with Crippen molar-refractivity contribution in [2.24, 2.45) is 4.99 Å². The number of rotatable bonds is 1. The number of nitriles is 1. The molecule has 0 saturated carbocycles. The van der Waals surface area contributed by atoms with Crippen LogP contribution in [0.1, 0.15) is 45.1 Å². The summed E-state index contributed by atoms with van der Waals surface area (Å²) in [6.07, 6.45) is 6.88. The van der Waals surface area contributed by atoms with Gasteiger partial charge in [-0.25, -0.2) is 4.99 Å². The van der Waals surface area contributed by atoms with Crippen molar-refractivity contribution in [1.29, 1.82) is 5.26 Å². The lowest BCUT2D eigenvalue weighted by atomic mass is 9.87. The van der Waals surface area contributed by atoms with Crippen molar-refractivity contribution in [3.8, 4) is 6.19 Å². The average molecular weight is 337 g/mol. The number of guanidine groups is 1. The van der Waals surface area contributed by atoms with Crippen molar-refractivity contribution in [1.82, 2.24) is 10.2 Å². The maximum atomic E-state index is 9.29. The van der Waals surface area contributed by atoms with Gasteiger partial charge in [-0.1, -0.05) is 32.0 Å². The predicted octanol–water partition coefficient (Wildman–Crippen LogP) is 2.84. The lowest BCUT2D eigenvalue weighted by molar-refractivity contribution is 0.163. The Bertz CT molecular complexity index is 718. The SMILES string of the molecule is CN1[C@@H]2CC[C@H]1CC(N=C(NC#N)N1CC(C)(C)c3ccccc31)C2. The number of fused-ring (bicyclic) bond motifs is 3. The minimum atomic E-state index is 0.0559. The van der Waals surface area contributed by atoms with E-state index in [2.05, 4.69) is 66.5 Å². The largest absolute Gasteiger partial charge is 0.311 e. The molecule has 3 heterocycles. The summed E-state index contributed by atoms with van der Waals surface area (Å²) >= 11 is 0. The van der Waals surface area contributed by atoms with E-state index in [9.17, 15) is 5.26 Å². The van der Waals surface area contributed by atoms with Crippen LogP contribution in [0.25, 0.3) is 0 Å². The lowest BCUT2D eigenvalue weighted by Crippen LogP contribution is -2.45. The second-order valence-corrected chi connectivity index (χ2v) is 8.35. The van der Waals surface area contributed by atoms with Crippen LogP contribution >= 0.6 is 0 Å². The van der Waals surface area contributed by atoms with Crippen LogP contribution in [0.3, 0.4) is 0 Å². The third kappa shape index (κ3) is 2.79. The van der Waals surface area contributed by atoms with Crippen molar-refractivity contribution < 1.29 is 0 Å². The Kier molecular flexibility index (Phi) is 3.96. The maximum absolute atomic E-state index is 9.29. The minimum absolute atomic E-state index is 0.0559. The molecule has 3 aliphatic heterocycles. The average Bonchev–Trinajstić information content (AvgIpc) is 2.96. The van der Waals surface area contributed by atoms with Crippen LogP contribution in [-0.4, -0.2) is 42.6 Å². The molecule has 1 aromatic rings. The highest BCUT2D eigenvalue weighted by Gasteiger charge is 2.40. The van der Waals surface area contributed by atoms with E-state index in [-0.39, 0.29) is 5.41 Å². The summed E-state index contributed by atoms with van der Waals surface area (Å²) in [6.45, 7) is 5.36. The Morgan fingerprint density at radius 3 is 2.60 bits per heavy atom. The topological polar surface area (TPSA) is 54.7 Å². The molecule has 0 spiro atoms. The summed E-state index contributed by atoms with van der Waals surface area (Å²) in [7, 11) is 2.25. The van der Waals surface area contributed by atoms with Crippen molar-refractivity contribution in [3.05, 3.63) is 29.8 Å². The van der Waals surface area contributed by atoms with Crippen LogP contribution < -0.4 is 10.2 Å². The lowest BCUT2D eigenvalue weighted by Gasteiger charge is -2.35. The Balaban J connectivity index is 1.64. The van der Waals surface area contributed by atoms with Gasteiger partial charge in [0, 0.05) is 29.7 Å². The molecule has 0 aliphatic carbocycles. The number of para-hydroxylation sites is 1. The molecular weight excluding hydrogens is 310 g/mol. The zero-order chi connectivity index (χ0) is 17.6. The van der Waals surface area contributed by atoms with Gasteiger partial charge in [0.1, 0.15) is 0 Å². The van der Waals surface area contributed by atoms with Gasteiger partial charge in [0.2, 0.25) is 5.96 Å². The third-order valence-corrected chi connectivity index (χ3v) is 6.28. The second kappa shape index (κ2) is 6.03. The van der Waals surface area contributed by atoms with Gasteiger partial charge in [0.15, 0.2) is 6.19 Å². The number of nitrogens with zero attached hydrogens (tertiary/aromatic N) is 4. The van der Waals surface area contributed by atoms with Crippen LogP contribution in [0.4, 0.5) is 5.69 Å². The number of aliphatic imine (C=N–C) groups is 1. The maximum Gasteiger partial charge on any atom is 0.212 e. The summed E-state index contributed by atoms with van der Waals surface area (Å²) in [4.78, 5) is 9.75. The normalized spacial score (nSPS) is 30.9. The highest BCUT2D eigenvalue weighted by Crippen LogP contribution is 2.41. The molecule has 1 N–H and O–H groups in total. The van der Waals surface area contributed by atoms with E-state index in [0.29, 0.717) is 18.1 Å². The van der Waals surface area contributed by atoms with Crippen LogP contribution in [0.5, 0.6) is 0 Å². The number of benzene rings is 1. The van der Waals surface area contributed by atoms with E-state index in [0.717, 1.165) is 25.3 Å². The first kappa shape index (κ1) is 16.4. The van der Waals surface area contributed by atoms with Crippen LogP contribution in [-0.2, 0) is 5.41 Å². The number of hydrogen-bond donors (Lipinski definition) is 1. The summed E-state index contributed by atoms with van der Waals surface area (Å²) in [5.41, 5.74) is 2.55. The third-order valence-electron chi connectivity index (χ3n) is 6.28. The van der Waals surface area contributed by atoms with Gasteiger partial charge in [-0.05, 0) is 44.4 Å². The quantitative estimate of drug-likeness (QED) is 0.370. The van der Waals surface area contributed by atoms with Gasteiger partial charge in [0.25, 0.3) is 0 Å². The molecule has 132 valence electrons. The van der Waals surface area contributed by atoms with E-state index in [4.69, 9.17) is 4.99 Å². The highest BCUT2D eigenvalue weighted by molar-refractivity contribution is 5.99. The molecule has 0 amide bonds. The Morgan fingerprint density at radius 1 is 1.24 bits per heavy atom. The Morgan fingerprint density at radius 2 is 1.92 bits per heavy atom. The zero-order valence-corrected chi connectivity index (χ0v) is 15.4. The molecule has 2 saturated heterocycles. The molecule has 5 nitrogen and oxygen atoms in total. The summed E-state index contributed by atoms with van der Waals surface area (Å²) < 4.78 is 0. The number of hydrogen-bond acceptors (Lipinski definition) is 3. The molecule has 5 heteroatoms. The van der Waals surface area contributed by atoms with E-state index in [1.54, 1.807) is 0 Å². The molecule has 0 radical (unpaired) electrons. The fourth-order valence-corrected chi connectivity index (χ4v) is 4.92. The van der Waals surface area contributed by atoms with E-state index in [1.165, 1.54) is 24.1 Å². The van der Waals surface area contributed by atoms with Gasteiger partial charge in [-0.2, -0.15) is 5.26 Å². The standard InChI is InChI=1S/C20H27N5/c1-20(2)12-25(18-7-5-4-6-17(18)20)19(22-13-21)23-14-10-15-8-9-16(11-14)24(15)3/h4-7,14-16H,8-12H2,1-3H3,(H,22,23)/t14?,15-,16+. The first-order chi connectivity index (χ1) is 12.0. The van der Waals surface area contributed by atoms with Crippen LogP contribution in [0, 0.1) is 11.5 Å².